The van der Waals surface area contributed by atoms with Crippen molar-refractivity contribution >= 4 is 33.3 Å². The molecule has 0 radical (unpaired) electrons. The zero-order chi connectivity index (χ0) is 13.1. The summed E-state index contributed by atoms with van der Waals surface area (Å²) >= 11 is 0. The lowest BCUT2D eigenvalue weighted by atomic mass is 10.2. The van der Waals surface area contributed by atoms with Gasteiger partial charge in [0.05, 0.1) is 0 Å². The second-order valence-corrected chi connectivity index (χ2v) is 7.00. The quantitative estimate of drug-likeness (QED) is 0.492. The third-order valence-corrected chi connectivity index (χ3v) is 5.08. The largest absolute Gasteiger partial charge is 0.356 e. The van der Waals surface area contributed by atoms with Crippen molar-refractivity contribution in [2.45, 2.75) is 51.7 Å². The zero-order valence-corrected chi connectivity index (χ0v) is 12.6. The third-order valence-electron chi connectivity index (χ3n) is 2.12. The molecule has 1 atom stereocenters. The van der Waals surface area contributed by atoms with Gasteiger partial charge in [-0.3, -0.25) is 9.59 Å². The first-order valence-corrected chi connectivity index (χ1v) is 8.48. The van der Waals surface area contributed by atoms with E-state index in [1.807, 2.05) is 6.92 Å². The Morgan fingerprint density at radius 2 is 2.00 bits per heavy atom. The van der Waals surface area contributed by atoms with Crippen molar-refractivity contribution in [2.75, 3.05) is 12.3 Å². The Morgan fingerprint density at radius 1 is 1.29 bits per heavy atom. The second-order valence-electron chi connectivity index (χ2n) is 4.07. The molecule has 0 aromatic rings. The lowest BCUT2D eigenvalue weighted by Crippen LogP contribution is -2.24. The molecule has 1 N–H and O–H groups in total. The molecule has 0 saturated heterocycles. The van der Waals surface area contributed by atoms with Gasteiger partial charge in [0.1, 0.15) is 5.78 Å². The Balaban J connectivity index is 3.42. The molecule has 0 heterocycles. The molecule has 17 heavy (non-hydrogen) atoms. The van der Waals surface area contributed by atoms with Gasteiger partial charge in [-0.1, -0.05) is 35.4 Å². The number of carbonyl (C=O) groups excluding carboxylic acids is 2. The average Bonchev–Trinajstić information content (AvgIpc) is 2.29. The second kappa shape index (κ2) is 11.0. The van der Waals surface area contributed by atoms with Crippen LogP contribution in [0.15, 0.2) is 0 Å². The van der Waals surface area contributed by atoms with Gasteiger partial charge in [0, 0.05) is 30.4 Å². The Kier molecular flexibility index (Phi) is 10.9. The van der Waals surface area contributed by atoms with Crippen molar-refractivity contribution in [1.82, 2.24) is 5.32 Å². The van der Waals surface area contributed by atoms with Crippen LogP contribution in [0.5, 0.6) is 0 Å². The van der Waals surface area contributed by atoms with E-state index in [0.29, 0.717) is 18.1 Å². The lowest BCUT2D eigenvalue weighted by molar-refractivity contribution is -0.121. The SMILES string of the molecule is CCCNC(=O)CCC(C)SSCCC(C)=O. The number of amides is 1. The highest BCUT2D eigenvalue weighted by atomic mass is 33.1. The summed E-state index contributed by atoms with van der Waals surface area (Å²) in [5.74, 6) is 1.25. The highest BCUT2D eigenvalue weighted by Gasteiger charge is 2.07. The van der Waals surface area contributed by atoms with Crippen LogP contribution in [0.25, 0.3) is 0 Å². The van der Waals surface area contributed by atoms with E-state index in [0.717, 1.165) is 25.1 Å². The van der Waals surface area contributed by atoms with Gasteiger partial charge in [-0.25, -0.2) is 0 Å². The first-order chi connectivity index (χ1) is 8.06. The molecule has 0 aliphatic heterocycles. The van der Waals surface area contributed by atoms with Crippen LogP contribution in [0.2, 0.25) is 0 Å². The summed E-state index contributed by atoms with van der Waals surface area (Å²) in [6, 6.07) is 0. The lowest BCUT2D eigenvalue weighted by Gasteiger charge is -2.09. The molecule has 0 bridgehead atoms. The van der Waals surface area contributed by atoms with Crippen LogP contribution in [0.1, 0.15) is 46.5 Å². The Labute approximate surface area is 112 Å². The maximum absolute atomic E-state index is 11.4. The van der Waals surface area contributed by atoms with E-state index in [1.165, 1.54) is 0 Å². The van der Waals surface area contributed by atoms with E-state index in [9.17, 15) is 9.59 Å². The number of rotatable bonds is 10. The minimum Gasteiger partial charge on any atom is -0.356 e. The number of nitrogens with one attached hydrogen (secondary N) is 1. The van der Waals surface area contributed by atoms with E-state index in [2.05, 4.69) is 12.2 Å². The molecule has 0 aromatic heterocycles. The van der Waals surface area contributed by atoms with Gasteiger partial charge in [0.2, 0.25) is 5.91 Å². The van der Waals surface area contributed by atoms with Gasteiger partial charge in [-0.2, -0.15) is 0 Å². The molecule has 0 aromatic carbocycles. The van der Waals surface area contributed by atoms with Crippen molar-refractivity contribution in [3.63, 3.8) is 0 Å². The first kappa shape index (κ1) is 16.8. The summed E-state index contributed by atoms with van der Waals surface area (Å²) in [7, 11) is 3.49. The van der Waals surface area contributed by atoms with Crippen molar-refractivity contribution in [2.24, 2.45) is 0 Å². The van der Waals surface area contributed by atoms with Gasteiger partial charge in [0.25, 0.3) is 0 Å². The maximum Gasteiger partial charge on any atom is 0.220 e. The number of hydrogen-bond donors (Lipinski definition) is 1. The summed E-state index contributed by atoms with van der Waals surface area (Å²) in [4.78, 5) is 22.1. The Morgan fingerprint density at radius 3 is 2.59 bits per heavy atom. The molecule has 0 rings (SSSR count). The first-order valence-electron chi connectivity index (χ1n) is 6.10. The molecular formula is C12H23NO2S2. The van der Waals surface area contributed by atoms with Crippen LogP contribution in [0, 0.1) is 0 Å². The van der Waals surface area contributed by atoms with E-state index in [4.69, 9.17) is 0 Å². The van der Waals surface area contributed by atoms with Crippen molar-refractivity contribution < 1.29 is 9.59 Å². The highest BCUT2D eigenvalue weighted by Crippen LogP contribution is 2.29. The molecule has 0 spiro atoms. The molecule has 100 valence electrons. The van der Waals surface area contributed by atoms with E-state index >= 15 is 0 Å². The fourth-order valence-electron chi connectivity index (χ4n) is 1.08. The minimum atomic E-state index is 0.146. The molecule has 1 unspecified atom stereocenters. The van der Waals surface area contributed by atoms with Crippen molar-refractivity contribution in [3.05, 3.63) is 0 Å². The minimum absolute atomic E-state index is 0.146. The van der Waals surface area contributed by atoms with Gasteiger partial charge in [0.15, 0.2) is 0 Å². The molecule has 0 aliphatic carbocycles. The number of carbonyl (C=O) groups is 2. The summed E-state index contributed by atoms with van der Waals surface area (Å²) in [5.41, 5.74) is 0. The summed E-state index contributed by atoms with van der Waals surface area (Å²) in [6.45, 7) is 6.56. The number of hydrogen-bond acceptors (Lipinski definition) is 4. The monoisotopic (exact) mass is 277 g/mol. The van der Waals surface area contributed by atoms with Gasteiger partial charge >= 0.3 is 0 Å². The molecule has 0 fully saturated rings. The fourth-order valence-corrected chi connectivity index (χ4v) is 3.52. The normalized spacial score (nSPS) is 12.2. The van der Waals surface area contributed by atoms with Crippen LogP contribution in [-0.4, -0.2) is 29.2 Å². The summed E-state index contributed by atoms with van der Waals surface area (Å²) < 4.78 is 0. The van der Waals surface area contributed by atoms with Crippen molar-refractivity contribution in [3.8, 4) is 0 Å². The molecular weight excluding hydrogens is 254 g/mol. The van der Waals surface area contributed by atoms with Crippen LogP contribution in [-0.2, 0) is 9.59 Å². The Bertz CT molecular complexity index is 235. The van der Waals surface area contributed by atoms with Gasteiger partial charge in [-0.05, 0) is 19.8 Å². The van der Waals surface area contributed by atoms with Crippen LogP contribution in [0.4, 0.5) is 0 Å². The summed E-state index contributed by atoms with van der Waals surface area (Å²) in [5, 5.41) is 3.33. The van der Waals surface area contributed by atoms with Gasteiger partial charge in [-0.15, -0.1) is 0 Å². The molecule has 0 aliphatic rings. The van der Waals surface area contributed by atoms with E-state index < -0.39 is 0 Å². The predicted octanol–water partition coefficient (Wildman–Crippen LogP) is 3.04. The molecule has 5 heteroatoms. The van der Waals surface area contributed by atoms with Crippen molar-refractivity contribution in [1.29, 1.82) is 0 Å². The Hall–Kier alpha value is -0.160. The maximum atomic E-state index is 11.4. The van der Waals surface area contributed by atoms with Crippen LogP contribution in [0.3, 0.4) is 0 Å². The topological polar surface area (TPSA) is 46.2 Å². The van der Waals surface area contributed by atoms with Crippen LogP contribution < -0.4 is 5.32 Å². The molecule has 3 nitrogen and oxygen atoms in total. The standard InChI is InChI=1S/C12H23NO2S2/c1-4-8-13-12(15)6-5-11(3)17-16-9-7-10(2)14/h11H,4-9H2,1-3H3,(H,13,15). The van der Waals surface area contributed by atoms with Gasteiger partial charge < -0.3 is 5.32 Å². The zero-order valence-electron chi connectivity index (χ0n) is 11.0. The fraction of sp³-hybridized carbons (Fsp3) is 0.833. The molecule has 0 saturated carbocycles. The third kappa shape index (κ3) is 12.1. The van der Waals surface area contributed by atoms with E-state index in [-0.39, 0.29) is 11.7 Å². The predicted molar refractivity (Wildman–Crippen MR) is 77.3 cm³/mol. The number of Topliss-reactive ketones (excluding diaryl/α,β-unsaturated/α-hetero) is 1. The smallest absolute Gasteiger partial charge is 0.220 e. The number of ketones is 1. The van der Waals surface area contributed by atoms with Crippen LogP contribution >= 0.6 is 21.6 Å². The average molecular weight is 277 g/mol. The highest BCUT2D eigenvalue weighted by molar-refractivity contribution is 8.76. The molecule has 1 amide bonds. The van der Waals surface area contributed by atoms with E-state index in [1.54, 1.807) is 28.5 Å². The summed E-state index contributed by atoms with van der Waals surface area (Å²) in [6.07, 6.45) is 3.12.